The number of aromatic nitrogens is 2. The second-order valence-corrected chi connectivity index (χ2v) is 7.49. The lowest BCUT2D eigenvalue weighted by molar-refractivity contribution is 0.324. The average Bonchev–Trinajstić information content (AvgIpc) is 3.10. The molecule has 28 heavy (non-hydrogen) atoms. The lowest BCUT2D eigenvalue weighted by atomic mass is 10.1. The fourth-order valence-electron chi connectivity index (χ4n) is 3.57. The van der Waals surface area contributed by atoms with E-state index in [0.29, 0.717) is 5.95 Å². The summed E-state index contributed by atoms with van der Waals surface area (Å²) >= 11 is 0. The summed E-state index contributed by atoms with van der Waals surface area (Å²) in [5.74, 6) is 3.09. The first kappa shape index (κ1) is 20.4. The van der Waals surface area contributed by atoms with Crippen molar-refractivity contribution in [2.24, 2.45) is 5.92 Å². The van der Waals surface area contributed by atoms with Gasteiger partial charge in [0.25, 0.3) is 0 Å². The zero-order valence-electron chi connectivity index (χ0n) is 17.4. The molecule has 0 bridgehead atoms. The summed E-state index contributed by atoms with van der Waals surface area (Å²) in [5.41, 5.74) is 2.97. The molecule has 0 radical (unpaired) electrons. The Morgan fingerprint density at radius 1 is 1.25 bits per heavy atom. The van der Waals surface area contributed by atoms with Gasteiger partial charge in [0.2, 0.25) is 5.95 Å². The van der Waals surface area contributed by atoms with Gasteiger partial charge in [0.15, 0.2) is 0 Å². The molecule has 1 aromatic carbocycles. The Bertz CT molecular complexity index is 781. The second kappa shape index (κ2) is 9.71. The molecule has 7 nitrogen and oxygen atoms in total. The zero-order valence-corrected chi connectivity index (χ0v) is 17.4. The highest BCUT2D eigenvalue weighted by atomic mass is 16.5. The van der Waals surface area contributed by atoms with Gasteiger partial charge in [-0.05, 0) is 44.0 Å². The van der Waals surface area contributed by atoms with Crippen molar-refractivity contribution in [2.75, 3.05) is 51.0 Å². The van der Waals surface area contributed by atoms with Crippen molar-refractivity contribution in [1.29, 1.82) is 0 Å². The Hall–Kier alpha value is -2.38. The minimum absolute atomic E-state index is 0.580. The SMILES string of the molecule is CNc1cc(C)nc(Nc2ccc(OC)c(CNCCN3CC[C@@H](C)C3)c2)n1. The first-order valence-corrected chi connectivity index (χ1v) is 9.98. The molecule has 0 unspecified atom stereocenters. The van der Waals surface area contributed by atoms with E-state index in [9.17, 15) is 0 Å². The van der Waals surface area contributed by atoms with Gasteiger partial charge in [0.05, 0.1) is 7.11 Å². The smallest absolute Gasteiger partial charge is 0.229 e. The molecule has 3 N–H and O–H groups in total. The lowest BCUT2D eigenvalue weighted by Gasteiger charge is -2.16. The summed E-state index contributed by atoms with van der Waals surface area (Å²) in [6.07, 6.45) is 1.32. The van der Waals surface area contributed by atoms with Gasteiger partial charge in [-0.1, -0.05) is 6.92 Å². The van der Waals surface area contributed by atoms with Gasteiger partial charge in [-0.15, -0.1) is 0 Å². The summed E-state index contributed by atoms with van der Waals surface area (Å²) < 4.78 is 5.53. The van der Waals surface area contributed by atoms with Crippen LogP contribution in [-0.2, 0) is 6.54 Å². The average molecular weight is 385 g/mol. The van der Waals surface area contributed by atoms with Crippen LogP contribution in [0.25, 0.3) is 0 Å². The molecule has 1 aliphatic rings. The Morgan fingerprint density at radius 3 is 2.82 bits per heavy atom. The van der Waals surface area contributed by atoms with Crippen molar-refractivity contribution in [3.05, 3.63) is 35.5 Å². The number of ether oxygens (including phenoxy) is 1. The molecule has 0 saturated carbocycles. The summed E-state index contributed by atoms with van der Waals surface area (Å²) in [6.45, 7) is 9.55. The fraction of sp³-hybridized carbons (Fsp3) is 0.524. The number of aryl methyl sites for hydroxylation is 1. The largest absolute Gasteiger partial charge is 0.496 e. The first-order valence-electron chi connectivity index (χ1n) is 9.98. The third-order valence-electron chi connectivity index (χ3n) is 5.08. The monoisotopic (exact) mass is 384 g/mol. The van der Waals surface area contributed by atoms with Gasteiger partial charge in [0.1, 0.15) is 11.6 Å². The third-order valence-corrected chi connectivity index (χ3v) is 5.08. The van der Waals surface area contributed by atoms with E-state index in [0.717, 1.165) is 54.1 Å². The minimum atomic E-state index is 0.580. The molecule has 1 fully saturated rings. The summed E-state index contributed by atoms with van der Waals surface area (Å²) in [5, 5.41) is 9.90. The Balaban J connectivity index is 1.60. The van der Waals surface area contributed by atoms with Crippen molar-refractivity contribution in [1.82, 2.24) is 20.2 Å². The highest BCUT2D eigenvalue weighted by Gasteiger charge is 2.17. The van der Waals surface area contributed by atoms with Crippen LogP contribution in [0, 0.1) is 12.8 Å². The van der Waals surface area contributed by atoms with Crippen LogP contribution in [0.15, 0.2) is 24.3 Å². The van der Waals surface area contributed by atoms with Crippen LogP contribution in [0.1, 0.15) is 24.6 Å². The molecule has 2 heterocycles. The third kappa shape index (κ3) is 5.56. The van der Waals surface area contributed by atoms with E-state index in [1.807, 2.05) is 32.2 Å². The fourth-order valence-corrected chi connectivity index (χ4v) is 3.57. The topological polar surface area (TPSA) is 74.3 Å². The number of benzene rings is 1. The molecule has 0 aliphatic carbocycles. The van der Waals surface area contributed by atoms with E-state index < -0.39 is 0 Å². The van der Waals surface area contributed by atoms with Crippen LogP contribution < -0.4 is 20.7 Å². The molecule has 152 valence electrons. The van der Waals surface area contributed by atoms with Crippen LogP contribution >= 0.6 is 0 Å². The molecule has 0 spiro atoms. The van der Waals surface area contributed by atoms with Crippen molar-refractivity contribution < 1.29 is 4.74 Å². The maximum absolute atomic E-state index is 5.53. The molecule has 7 heteroatoms. The van der Waals surface area contributed by atoms with Crippen LogP contribution in [-0.4, -0.2) is 55.2 Å². The van der Waals surface area contributed by atoms with Gasteiger partial charge < -0.3 is 25.6 Å². The maximum atomic E-state index is 5.53. The van der Waals surface area contributed by atoms with Gasteiger partial charge >= 0.3 is 0 Å². The van der Waals surface area contributed by atoms with Gasteiger partial charge in [-0.2, -0.15) is 4.98 Å². The van der Waals surface area contributed by atoms with Crippen LogP contribution in [0.4, 0.5) is 17.5 Å². The Morgan fingerprint density at radius 2 is 2.11 bits per heavy atom. The maximum Gasteiger partial charge on any atom is 0.229 e. The number of nitrogens with one attached hydrogen (secondary N) is 3. The predicted molar refractivity (Wildman–Crippen MR) is 115 cm³/mol. The standard InChI is InChI=1S/C21H32N6O/c1-15-7-9-27(14-15)10-8-23-13-17-12-18(5-6-19(17)28-4)25-21-24-16(2)11-20(22-3)26-21/h5-6,11-12,15,23H,7-10,13-14H2,1-4H3,(H2,22,24,25,26)/t15-/m1/s1. The summed E-state index contributed by atoms with van der Waals surface area (Å²) in [4.78, 5) is 11.4. The number of rotatable bonds is 9. The quantitative estimate of drug-likeness (QED) is 0.574. The minimum Gasteiger partial charge on any atom is -0.496 e. The van der Waals surface area contributed by atoms with Gasteiger partial charge in [0, 0.05) is 56.2 Å². The van der Waals surface area contributed by atoms with Crippen molar-refractivity contribution in [3.8, 4) is 5.75 Å². The summed E-state index contributed by atoms with van der Waals surface area (Å²) in [6, 6.07) is 7.97. The van der Waals surface area contributed by atoms with Crippen molar-refractivity contribution >= 4 is 17.5 Å². The number of likely N-dealkylation sites (tertiary alicyclic amines) is 1. The zero-order chi connectivity index (χ0) is 19.9. The molecule has 2 aromatic rings. The van der Waals surface area contributed by atoms with Gasteiger partial charge in [-0.3, -0.25) is 0 Å². The molecular formula is C21H32N6O. The van der Waals surface area contributed by atoms with Crippen LogP contribution in [0.3, 0.4) is 0 Å². The number of methoxy groups -OCH3 is 1. The van der Waals surface area contributed by atoms with E-state index in [1.54, 1.807) is 7.11 Å². The Kier molecular flexibility index (Phi) is 7.06. The van der Waals surface area contributed by atoms with Crippen LogP contribution in [0.5, 0.6) is 5.75 Å². The van der Waals surface area contributed by atoms with E-state index in [4.69, 9.17) is 4.74 Å². The van der Waals surface area contributed by atoms with Gasteiger partial charge in [-0.25, -0.2) is 4.98 Å². The van der Waals surface area contributed by atoms with Crippen LogP contribution in [0.2, 0.25) is 0 Å². The van der Waals surface area contributed by atoms with Crippen molar-refractivity contribution in [2.45, 2.75) is 26.8 Å². The number of hydrogen-bond acceptors (Lipinski definition) is 7. The Labute approximate surface area is 167 Å². The van der Waals surface area contributed by atoms with E-state index >= 15 is 0 Å². The lowest BCUT2D eigenvalue weighted by Crippen LogP contribution is -2.30. The normalized spacial score (nSPS) is 16.9. The molecule has 1 saturated heterocycles. The summed E-state index contributed by atoms with van der Waals surface area (Å²) in [7, 11) is 3.56. The number of nitrogens with zero attached hydrogens (tertiary/aromatic N) is 3. The molecule has 3 rings (SSSR count). The highest BCUT2D eigenvalue weighted by Crippen LogP contribution is 2.24. The predicted octanol–water partition coefficient (Wildman–Crippen LogP) is 3.01. The first-order chi connectivity index (χ1) is 13.6. The molecule has 0 amide bonds. The second-order valence-electron chi connectivity index (χ2n) is 7.49. The number of anilines is 3. The molecule has 1 atom stereocenters. The van der Waals surface area contributed by atoms with E-state index in [1.165, 1.54) is 19.5 Å². The number of hydrogen-bond donors (Lipinski definition) is 3. The molecule has 1 aliphatic heterocycles. The molecular weight excluding hydrogens is 352 g/mol. The highest BCUT2D eigenvalue weighted by molar-refractivity contribution is 5.58. The van der Waals surface area contributed by atoms with E-state index in [-0.39, 0.29) is 0 Å². The molecule has 1 aromatic heterocycles. The van der Waals surface area contributed by atoms with Crippen molar-refractivity contribution in [3.63, 3.8) is 0 Å². The van der Waals surface area contributed by atoms with E-state index in [2.05, 4.69) is 43.8 Å².